The van der Waals surface area contributed by atoms with Crippen molar-refractivity contribution in [3.05, 3.63) is 63.1 Å². The van der Waals surface area contributed by atoms with Gasteiger partial charge in [0.1, 0.15) is 0 Å². The van der Waals surface area contributed by atoms with Gasteiger partial charge in [0.05, 0.1) is 15.6 Å². The van der Waals surface area contributed by atoms with Gasteiger partial charge in [0.25, 0.3) is 5.91 Å². The fraction of sp³-hybridized carbons (Fsp3) is 0.188. The number of nitrogen functional groups attached to an aromatic ring is 1. The molecule has 0 bridgehead atoms. The van der Waals surface area contributed by atoms with E-state index in [1.54, 1.807) is 24.1 Å². The van der Waals surface area contributed by atoms with Crippen LogP contribution in [0.3, 0.4) is 0 Å². The average Bonchev–Trinajstić information content (AvgIpc) is 2.43. The first-order valence-electron chi connectivity index (χ1n) is 6.45. The van der Waals surface area contributed by atoms with Gasteiger partial charge in [-0.25, -0.2) is 0 Å². The molecule has 2 rings (SSSR count). The molecule has 0 aromatic heterocycles. The molecule has 1 amide bonds. The highest BCUT2D eigenvalue weighted by atomic mass is 35.5. The lowest BCUT2D eigenvalue weighted by atomic mass is 10.1. The van der Waals surface area contributed by atoms with Crippen LogP contribution in [0.4, 0.5) is 5.69 Å². The summed E-state index contributed by atoms with van der Waals surface area (Å²) >= 11 is 12.1. The zero-order valence-electron chi connectivity index (χ0n) is 11.9. The summed E-state index contributed by atoms with van der Waals surface area (Å²) in [5.41, 5.74) is 8.56. The maximum absolute atomic E-state index is 12.6. The summed E-state index contributed by atoms with van der Waals surface area (Å²) in [6.45, 7) is 2.23. The Hall–Kier alpha value is -1.71. The topological polar surface area (TPSA) is 46.3 Å². The molecule has 0 spiro atoms. The van der Waals surface area contributed by atoms with Crippen LogP contribution < -0.4 is 5.73 Å². The van der Waals surface area contributed by atoms with Gasteiger partial charge in [-0.3, -0.25) is 4.79 Å². The van der Waals surface area contributed by atoms with Crippen LogP contribution >= 0.6 is 23.2 Å². The highest BCUT2D eigenvalue weighted by Crippen LogP contribution is 2.27. The molecular formula is C16H16Cl2N2O. The number of carbonyl (C=O) groups is 1. The minimum Gasteiger partial charge on any atom is -0.398 e. The molecule has 2 N–H and O–H groups in total. The lowest BCUT2D eigenvalue weighted by Crippen LogP contribution is -2.27. The standard InChI is InChI=1S/C16H16Cl2N2O/c1-10-5-3-8-13(19)14(10)16(21)20(2)9-11-6-4-7-12(17)15(11)18/h3-8H,9,19H2,1-2H3. The van der Waals surface area contributed by atoms with E-state index in [1.165, 1.54) is 0 Å². The molecule has 0 fully saturated rings. The fourth-order valence-electron chi connectivity index (χ4n) is 2.17. The Kier molecular flexibility index (Phi) is 4.76. The van der Waals surface area contributed by atoms with Gasteiger partial charge in [0.2, 0.25) is 0 Å². The second kappa shape index (κ2) is 6.37. The van der Waals surface area contributed by atoms with Crippen LogP contribution in [0.1, 0.15) is 21.5 Å². The molecule has 0 heterocycles. The fourth-order valence-corrected chi connectivity index (χ4v) is 2.55. The van der Waals surface area contributed by atoms with E-state index in [9.17, 15) is 4.79 Å². The summed E-state index contributed by atoms with van der Waals surface area (Å²) < 4.78 is 0. The van der Waals surface area contributed by atoms with Crippen molar-refractivity contribution in [3.8, 4) is 0 Å². The zero-order valence-corrected chi connectivity index (χ0v) is 13.4. The van der Waals surface area contributed by atoms with E-state index in [0.717, 1.165) is 11.1 Å². The molecule has 2 aromatic carbocycles. The Bertz CT molecular complexity index is 666. The van der Waals surface area contributed by atoms with Crippen molar-refractivity contribution in [1.29, 1.82) is 0 Å². The van der Waals surface area contributed by atoms with E-state index in [4.69, 9.17) is 28.9 Å². The van der Waals surface area contributed by atoms with Crippen LogP contribution in [-0.4, -0.2) is 17.9 Å². The van der Waals surface area contributed by atoms with E-state index in [-0.39, 0.29) is 5.91 Å². The van der Waals surface area contributed by atoms with E-state index >= 15 is 0 Å². The van der Waals surface area contributed by atoms with Gasteiger partial charge in [-0.2, -0.15) is 0 Å². The molecule has 0 saturated heterocycles. The highest BCUT2D eigenvalue weighted by molar-refractivity contribution is 6.42. The minimum atomic E-state index is -0.137. The van der Waals surface area contributed by atoms with Crippen molar-refractivity contribution >= 4 is 34.8 Å². The number of hydrogen-bond acceptors (Lipinski definition) is 2. The number of rotatable bonds is 3. The molecule has 0 unspecified atom stereocenters. The second-order valence-electron chi connectivity index (χ2n) is 4.91. The van der Waals surface area contributed by atoms with E-state index < -0.39 is 0 Å². The average molecular weight is 323 g/mol. The first-order valence-corrected chi connectivity index (χ1v) is 7.21. The van der Waals surface area contributed by atoms with Gasteiger partial charge in [0.15, 0.2) is 0 Å². The third kappa shape index (κ3) is 3.31. The molecule has 0 saturated carbocycles. The summed E-state index contributed by atoms with van der Waals surface area (Å²) in [6, 6.07) is 10.8. The Balaban J connectivity index is 2.26. The van der Waals surface area contributed by atoms with E-state index in [0.29, 0.717) is 27.8 Å². The predicted octanol–water partition coefficient (Wildman–Crippen LogP) is 4.16. The number of hydrogen-bond donors (Lipinski definition) is 1. The molecule has 0 aliphatic heterocycles. The Morgan fingerprint density at radius 3 is 2.52 bits per heavy atom. The Morgan fingerprint density at radius 2 is 1.86 bits per heavy atom. The van der Waals surface area contributed by atoms with Gasteiger partial charge in [0, 0.05) is 19.3 Å². The molecule has 0 atom stereocenters. The quantitative estimate of drug-likeness (QED) is 0.862. The summed E-state index contributed by atoms with van der Waals surface area (Å²) in [4.78, 5) is 14.1. The maximum Gasteiger partial charge on any atom is 0.256 e. The van der Waals surface area contributed by atoms with Crippen molar-refractivity contribution in [2.75, 3.05) is 12.8 Å². The van der Waals surface area contributed by atoms with Gasteiger partial charge in [-0.15, -0.1) is 0 Å². The molecule has 110 valence electrons. The van der Waals surface area contributed by atoms with Crippen molar-refractivity contribution in [3.63, 3.8) is 0 Å². The number of aryl methyl sites for hydroxylation is 1. The van der Waals surface area contributed by atoms with Crippen LogP contribution in [0, 0.1) is 6.92 Å². The lowest BCUT2D eigenvalue weighted by molar-refractivity contribution is 0.0785. The van der Waals surface area contributed by atoms with Crippen molar-refractivity contribution < 1.29 is 4.79 Å². The van der Waals surface area contributed by atoms with E-state index in [2.05, 4.69) is 0 Å². The molecule has 0 aliphatic carbocycles. The van der Waals surface area contributed by atoms with E-state index in [1.807, 2.05) is 31.2 Å². The van der Waals surface area contributed by atoms with Crippen LogP contribution in [0.5, 0.6) is 0 Å². The summed E-state index contributed by atoms with van der Waals surface area (Å²) in [5.74, 6) is -0.137. The normalized spacial score (nSPS) is 10.5. The Morgan fingerprint density at radius 1 is 1.19 bits per heavy atom. The SMILES string of the molecule is Cc1cccc(N)c1C(=O)N(C)Cc1cccc(Cl)c1Cl. The van der Waals surface area contributed by atoms with Crippen LogP contribution in [0.2, 0.25) is 10.0 Å². The second-order valence-corrected chi connectivity index (χ2v) is 5.70. The number of nitrogens with two attached hydrogens (primary N) is 1. The predicted molar refractivity (Wildman–Crippen MR) is 87.9 cm³/mol. The van der Waals surface area contributed by atoms with Crippen LogP contribution in [0.15, 0.2) is 36.4 Å². The first-order chi connectivity index (χ1) is 9.91. The van der Waals surface area contributed by atoms with Gasteiger partial charge in [-0.1, -0.05) is 47.5 Å². The number of anilines is 1. The van der Waals surface area contributed by atoms with Gasteiger partial charge >= 0.3 is 0 Å². The lowest BCUT2D eigenvalue weighted by Gasteiger charge is -2.20. The van der Waals surface area contributed by atoms with Crippen molar-refractivity contribution in [2.45, 2.75) is 13.5 Å². The van der Waals surface area contributed by atoms with Crippen molar-refractivity contribution in [1.82, 2.24) is 4.90 Å². The molecule has 2 aromatic rings. The summed E-state index contributed by atoms with van der Waals surface area (Å²) in [7, 11) is 1.71. The zero-order chi connectivity index (χ0) is 15.6. The van der Waals surface area contributed by atoms with Crippen LogP contribution in [-0.2, 0) is 6.54 Å². The van der Waals surface area contributed by atoms with Crippen molar-refractivity contribution in [2.24, 2.45) is 0 Å². The number of benzene rings is 2. The largest absolute Gasteiger partial charge is 0.398 e. The minimum absolute atomic E-state index is 0.137. The molecule has 0 radical (unpaired) electrons. The Labute approximate surface area is 134 Å². The third-order valence-corrected chi connectivity index (χ3v) is 4.16. The van der Waals surface area contributed by atoms with Gasteiger partial charge < -0.3 is 10.6 Å². The third-order valence-electron chi connectivity index (χ3n) is 3.30. The highest BCUT2D eigenvalue weighted by Gasteiger charge is 2.18. The molecule has 5 heteroatoms. The summed E-state index contributed by atoms with van der Waals surface area (Å²) in [5, 5.41) is 0.946. The number of amides is 1. The molecule has 3 nitrogen and oxygen atoms in total. The van der Waals surface area contributed by atoms with Crippen LogP contribution in [0.25, 0.3) is 0 Å². The summed E-state index contributed by atoms with van der Waals surface area (Å²) in [6.07, 6.45) is 0. The smallest absolute Gasteiger partial charge is 0.256 e. The molecular weight excluding hydrogens is 307 g/mol. The number of carbonyl (C=O) groups excluding carboxylic acids is 1. The number of halogens is 2. The molecule has 0 aliphatic rings. The monoisotopic (exact) mass is 322 g/mol. The maximum atomic E-state index is 12.6. The molecule has 21 heavy (non-hydrogen) atoms. The van der Waals surface area contributed by atoms with Gasteiger partial charge in [-0.05, 0) is 30.2 Å². The number of nitrogens with zero attached hydrogens (tertiary/aromatic N) is 1. The first kappa shape index (κ1) is 15.7.